The number of carbonyl (C=O) groups excluding carboxylic acids is 1. The number of ether oxygens (including phenoxy) is 1. The first-order valence-corrected chi connectivity index (χ1v) is 2.80. The fourth-order valence-electron chi connectivity index (χ4n) is 0.157. The van der Waals surface area contributed by atoms with Crippen molar-refractivity contribution < 1.29 is 9.53 Å². The SMILES string of the molecule is COC(=O)/C(S)=C/S. The Balaban J connectivity index is 3.83. The van der Waals surface area contributed by atoms with E-state index >= 15 is 0 Å². The van der Waals surface area contributed by atoms with Crippen molar-refractivity contribution in [2.45, 2.75) is 0 Å². The van der Waals surface area contributed by atoms with Gasteiger partial charge in [0.1, 0.15) is 0 Å². The summed E-state index contributed by atoms with van der Waals surface area (Å²) in [5.74, 6) is -0.469. The molecule has 8 heavy (non-hydrogen) atoms. The molecule has 0 amide bonds. The zero-order valence-electron chi connectivity index (χ0n) is 4.29. The molecule has 0 aromatic rings. The highest BCUT2D eigenvalue weighted by Crippen LogP contribution is 2.02. The van der Waals surface area contributed by atoms with E-state index in [2.05, 4.69) is 30.0 Å². The quantitative estimate of drug-likeness (QED) is 0.329. The van der Waals surface area contributed by atoms with Crippen molar-refractivity contribution in [2.75, 3.05) is 7.11 Å². The maximum atomic E-state index is 10.3. The molecule has 0 aliphatic rings. The van der Waals surface area contributed by atoms with Gasteiger partial charge in [-0.3, -0.25) is 0 Å². The van der Waals surface area contributed by atoms with Crippen LogP contribution in [0.25, 0.3) is 0 Å². The molecule has 0 aromatic heterocycles. The molecule has 0 saturated heterocycles. The topological polar surface area (TPSA) is 26.3 Å². The molecule has 2 nitrogen and oxygen atoms in total. The summed E-state index contributed by atoms with van der Waals surface area (Å²) in [4.78, 5) is 10.5. The van der Waals surface area contributed by atoms with E-state index in [0.29, 0.717) is 0 Å². The molecule has 0 aromatic carbocycles. The van der Waals surface area contributed by atoms with Gasteiger partial charge in [-0.2, -0.15) is 0 Å². The summed E-state index contributed by atoms with van der Waals surface area (Å²) in [6, 6.07) is 0. The fourth-order valence-corrected chi connectivity index (χ4v) is 0.354. The summed E-state index contributed by atoms with van der Waals surface area (Å²) in [7, 11) is 1.29. The van der Waals surface area contributed by atoms with Crippen LogP contribution in [0.5, 0.6) is 0 Å². The van der Waals surface area contributed by atoms with Gasteiger partial charge in [0.05, 0.1) is 12.0 Å². The Hall–Kier alpha value is -0.0900. The van der Waals surface area contributed by atoms with Crippen molar-refractivity contribution in [1.29, 1.82) is 0 Å². The van der Waals surface area contributed by atoms with Crippen molar-refractivity contribution >= 4 is 31.2 Å². The molecule has 0 aliphatic heterocycles. The molecule has 0 radical (unpaired) electrons. The maximum absolute atomic E-state index is 10.3. The van der Waals surface area contributed by atoms with E-state index in [4.69, 9.17) is 0 Å². The predicted molar refractivity (Wildman–Crippen MR) is 38.1 cm³/mol. The van der Waals surface area contributed by atoms with E-state index in [9.17, 15) is 4.79 Å². The minimum absolute atomic E-state index is 0.204. The minimum atomic E-state index is -0.469. The van der Waals surface area contributed by atoms with E-state index in [1.807, 2.05) is 0 Å². The third-order valence-electron chi connectivity index (χ3n) is 0.517. The smallest absolute Gasteiger partial charge is 0.344 e. The number of rotatable bonds is 1. The molecule has 0 saturated carbocycles. The number of hydrogen-bond donors (Lipinski definition) is 2. The molecule has 0 fully saturated rings. The lowest BCUT2D eigenvalue weighted by atomic mass is 10.6. The van der Waals surface area contributed by atoms with Gasteiger partial charge in [0, 0.05) is 0 Å². The Morgan fingerprint density at radius 1 is 1.75 bits per heavy atom. The zero-order valence-corrected chi connectivity index (χ0v) is 6.08. The highest BCUT2D eigenvalue weighted by atomic mass is 32.1. The third-order valence-corrected chi connectivity index (χ3v) is 1.29. The van der Waals surface area contributed by atoms with Gasteiger partial charge in [-0.05, 0) is 5.41 Å². The molecule has 0 unspecified atom stereocenters. The lowest BCUT2D eigenvalue weighted by Gasteiger charge is -1.92. The molecule has 0 atom stereocenters. The van der Waals surface area contributed by atoms with Gasteiger partial charge in [0.2, 0.25) is 0 Å². The van der Waals surface area contributed by atoms with Crippen LogP contribution in [0.1, 0.15) is 0 Å². The minimum Gasteiger partial charge on any atom is -0.465 e. The Morgan fingerprint density at radius 2 is 2.25 bits per heavy atom. The van der Waals surface area contributed by atoms with Crippen molar-refractivity contribution in [3.63, 3.8) is 0 Å². The van der Waals surface area contributed by atoms with Crippen LogP contribution in [-0.2, 0) is 9.53 Å². The lowest BCUT2D eigenvalue weighted by molar-refractivity contribution is -0.135. The second-order valence-corrected chi connectivity index (χ2v) is 1.75. The van der Waals surface area contributed by atoms with Gasteiger partial charge in [-0.25, -0.2) is 4.79 Å². The van der Waals surface area contributed by atoms with Crippen LogP contribution in [0.3, 0.4) is 0 Å². The van der Waals surface area contributed by atoms with E-state index in [-0.39, 0.29) is 4.91 Å². The first-order chi connectivity index (χ1) is 3.72. The second-order valence-electron chi connectivity index (χ2n) is 1.01. The van der Waals surface area contributed by atoms with Gasteiger partial charge in [0.25, 0.3) is 0 Å². The average Bonchev–Trinajstić information content (AvgIpc) is 1.84. The lowest BCUT2D eigenvalue weighted by Crippen LogP contribution is -1.98. The summed E-state index contributed by atoms with van der Waals surface area (Å²) >= 11 is 7.38. The number of esters is 1. The summed E-state index contributed by atoms with van der Waals surface area (Å²) < 4.78 is 4.27. The van der Waals surface area contributed by atoms with Crippen LogP contribution in [0.15, 0.2) is 10.3 Å². The molecule has 0 aliphatic carbocycles. The monoisotopic (exact) mass is 150 g/mol. The van der Waals surface area contributed by atoms with Crippen molar-refractivity contribution in [2.24, 2.45) is 0 Å². The fraction of sp³-hybridized carbons (Fsp3) is 0.250. The summed E-state index contributed by atoms with van der Waals surface area (Å²) in [5.41, 5.74) is 0. The summed E-state index contributed by atoms with van der Waals surface area (Å²) in [6.07, 6.45) is 0. The van der Waals surface area contributed by atoms with Crippen LogP contribution in [0, 0.1) is 0 Å². The number of thiol groups is 2. The van der Waals surface area contributed by atoms with E-state index < -0.39 is 5.97 Å². The number of methoxy groups -OCH3 is 1. The number of hydrogen-bond acceptors (Lipinski definition) is 4. The third kappa shape index (κ3) is 2.28. The van der Waals surface area contributed by atoms with E-state index in [1.165, 1.54) is 12.5 Å². The van der Waals surface area contributed by atoms with Crippen LogP contribution < -0.4 is 0 Å². The normalized spacial score (nSPS) is 11.1. The van der Waals surface area contributed by atoms with E-state index in [1.54, 1.807) is 0 Å². The Labute approximate surface area is 58.7 Å². The van der Waals surface area contributed by atoms with Crippen LogP contribution in [0.2, 0.25) is 0 Å². The van der Waals surface area contributed by atoms with Crippen molar-refractivity contribution in [3.05, 3.63) is 10.3 Å². The van der Waals surface area contributed by atoms with Gasteiger partial charge in [-0.15, -0.1) is 25.3 Å². The molecule has 0 spiro atoms. The van der Waals surface area contributed by atoms with Gasteiger partial charge in [-0.1, -0.05) is 0 Å². The molecular weight excluding hydrogens is 144 g/mol. The molecule has 46 valence electrons. The first-order valence-electron chi connectivity index (χ1n) is 1.84. The first kappa shape index (κ1) is 7.91. The second kappa shape index (κ2) is 3.86. The Morgan fingerprint density at radius 3 is 2.38 bits per heavy atom. The number of carbonyl (C=O) groups is 1. The largest absolute Gasteiger partial charge is 0.465 e. The Kier molecular flexibility index (Phi) is 3.81. The molecule has 0 bridgehead atoms. The van der Waals surface area contributed by atoms with Gasteiger partial charge < -0.3 is 4.74 Å². The Bertz CT molecular complexity index is 119. The van der Waals surface area contributed by atoms with E-state index in [0.717, 1.165) is 0 Å². The predicted octanol–water partition coefficient (Wildman–Crippen LogP) is 0.860. The highest BCUT2D eigenvalue weighted by Gasteiger charge is 2.00. The van der Waals surface area contributed by atoms with Crippen LogP contribution >= 0.6 is 25.3 Å². The molecule has 0 N–H and O–H groups in total. The molecule has 0 heterocycles. The standard InChI is InChI=1S/C4H6O2S2/c1-6-4(5)3(8)2-7/h2,7-8H,1H3/b3-2-. The summed E-state index contributed by atoms with van der Waals surface area (Å²) in [6.45, 7) is 0. The zero-order chi connectivity index (χ0) is 6.57. The van der Waals surface area contributed by atoms with Gasteiger partial charge in [0.15, 0.2) is 0 Å². The van der Waals surface area contributed by atoms with Crippen molar-refractivity contribution in [1.82, 2.24) is 0 Å². The highest BCUT2D eigenvalue weighted by molar-refractivity contribution is 7.88. The van der Waals surface area contributed by atoms with Crippen LogP contribution in [-0.4, -0.2) is 13.1 Å². The van der Waals surface area contributed by atoms with Gasteiger partial charge >= 0.3 is 5.97 Å². The van der Waals surface area contributed by atoms with Crippen LogP contribution in [0.4, 0.5) is 0 Å². The molecular formula is C4H6O2S2. The molecule has 0 rings (SSSR count). The molecule has 4 heteroatoms. The van der Waals surface area contributed by atoms with Crippen molar-refractivity contribution in [3.8, 4) is 0 Å². The average molecular weight is 150 g/mol. The summed E-state index contributed by atoms with van der Waals surface area (Å²) in [5, 5.41) is 1.27. The maximum Gasteiger partial charge on any atom is 0.344 e.